The van der Waals surface area contributed by atoms with E-state index in [0.29, 0.717) is 5.88 Å². The molecular formula is C13H15NO3. The third kappa shape index (κ3) is 2.84. The summed E-state index contributed by atoms with van der Waals surface area (Å²) in [6.45, 7) is 1.91. The van der Waals surface area contributed by atoms with Crippen LogP contribution in [0.2, 0.25) is 0 Å². The van der Waals surface area contributed by atoms with Crippen molar-refractivity contribution < 1.29 is 14.3 Å². The fourth-order valence-corrected chi connectivity index (χ4v) is 1.79. The summed E-state index contributed by atoms with van der Waals surface area (Å²) in [4.78, 5) is 15.1. The zero-order valence-electron chi connectivity index (χ0n) is 9.97. The van der Waals surface area contributed by atoms with E-state index in [4.69, 9.17) is 9.47 Å². The van der Waals surface area contributed by atoms with E-state index in [0.717, 1.165) is 18.4 Å². The SMILES string of the molecule is COc1cc(CCC2(C)C=CC(=O)O2)ccn1. The number of ether oxygens (including phenoxy) is 2. The number of methoxy groups -OCH3 is 1. The number of aromatic nitrogens is 1. The monoisotopic (exact) mass is 233 g/mol. The third-order valence-corrected chi connectivity index (χ3v) is 2.82. The molecular weight excluding hydrogens is 218 g/mol. The molecule has 1 aromatic rings. The molecule has 0 spiro atoms. The van der Waals surface area contributed by atoms with Crippen LogP contribution in [0.5, 0.6) is 5.88 Å². The first-order valence-electron chi connectivity index (χ1n) is 5.52. The molecule has 1 unspecified atom stereocenters. The lowest BCUT2D eigenvalue weighted by atomic mass is 9.97. The topological polar surface area (TPSA) is 48.4 Å². The molecule has 2 rings (SSSR count). The first-order chi connectivity index (χ1) is 8.11. The number of hydrogen-bond acceptors (Lipinski definition) is 4. The molecule has 1 aromatic heterocycles. The summed E-state index contributed by atoms with van der Waals surface area (Å²) in [5, 5.41) is 0. The highest BCUT2D eigenvalue weighted by atomic mass is 16.6. The molecule has 90 valence electrons. The third-order valence-electron chi connectivity index (χ3n) is 2.82. The summed E-state index contributed by atoms with van der Waals surface area (Å²) >= 11 is 0. The molecule has 0 aromatic carbocycles. The van der Waals surface area contributed by atoms with Gasteiger partial charge in [0.2, 0.25) is 5.88 Å². The molecule has 0 bridgehead atoms. The quantitative estimate of drug-likeness (QED) is 0.745. The largest absolute Gasteiger partial charge is 0.481 e. The Hall–Kier alpha value is -1.84. The van der Waals surface area contributed by atoms with Crippen LogP contribution in [0.15, 0.2) is 30.5 Å². The lowest BCUT2D eigenvalue weighted by molar-refractivity contribution is -0.144. The second-order valence-corrected chi connectivity index (χ2v) is 4.27. The van der Waals surface area contributed by atoms with Crippen molar-refractivity contribution in [2.75, 3.05) is 7.11 Å². The van der Waals surface area contributed by atoms with E-state index < -0.39 is 5.60 Å². The number of nitrogens with zero attached hydrogens (tertiary/aromatic N) is 1. The van der Waals surface area contributed by atoms with Gasteiger partial charge in [0.05, 0.1) is 7.11 Å². The lowest BCUT2D eigenvalue weighted by Crippen LogP contribution is -2.24. The van der Waals surface area contributed by atoms with Crippen molar-refractivity contribution >= 4 is 5.97 Å². The van der Waals surface area contributed by atoms with E-state index in [9.17, 15) is 4.79 Å². The summed E-state index contributed by atoms with van der Waals surface area (Å²) in [5.41, 5.74) is 0.641. The zero-order valence-corrected chi connectivity index (χ0v) is 9.97. The van der Waals surface area contributed by atoms with Gasteiger partial charge in [0.1, 0.15) is 5.60 Å². The molecule has 2 heterocycles. The molecule has 1 aliphatic heterocycles. The molecule has 0 radical (unpaired) electrons. The van der Waals surface area contributed by atoms with Crippen LogP contribution >= 0.6 is 0 Å². The minimum atomic E-state index is -0.479. The summed E-state index contributed by atoms with van der Waals surface area (Å²) in [6.07, 6.45) is 6.57. The summed E-state index contributed by atoms with van der Waals surface area (Å²) in [7, 11) is 1.59. The van der Waals surface area contributed by atoms with Crippen LogP contribution in [0.3, 0.4) is 0 Å². The van der Waals surface area contributed by atoms with Crippen molar-refractivity contribution in [3.05, 3.63) is 36.0 Å². The zero-order chi connectivity index (χ0) is 12.3. The Labute approximate surface area is 100 Å². The Bertz CT molecular complexity index is 456. The van der Waals surface area contributed by atoms with Crippen molar-refractivity contribution in [3.63, 3.8) is 0 Å². The molecule has 0 saturated heterocycles. The Morgan fingerprint density at radius 3 is 3.00 bits per heavy atom. The van der Waals surface area contributed by atoms with Gasteiger partial charge in [-0.25, -0.2) is 9.78 Å². The maximum Gasteiger partial charge on any atom is 0.331 e. The van der Waals surface area contributed by atoms with Gasteiger partial charge in [0.25, 0.3) is 0 Å². The van der Waals surface area contributed by atoms with Crippen LogP contribution in [0.1, 0.15) is 18.9 Å². The molecule has 4 heteroatoms. The first kappa shape index (κ1) is 11.6. The highest BCUT2D eigenvalue weighted by Gasteiger charge is 2.29. The molecule has 0 fully saturated rings. The fraction of sp³-hybridized carbons (Fsp3) is 0.385. The molecule has 0 N–H and O–H groups in total. The lowest BCUT2D eigenvalue weighted by Gasteiger charge is -2.21. The standard InChI is InChI=1S/C13H15NO3/c1-13(7-4-12(15)17-13)6-3-10-5-8-14-11(9-10)16-2/h4-5,7-9H,3,6H2,1-2H3. The van der Waals surface area contributed by atoms with Gasteiger partial charge in [0.15, 0.2) is 0 Å². The fourth-order valence-electron chi connectivity index (χ4n) is 1.79. The number of aryl methyl sites for hydroxylation is 1. The average molecular weight is 233 g/mol. The van der Waals surface area contributed by atoms with Gasteiger partial charge in [-0.2, -0.15) is 0 Å². The first-order valence-corrected chi connectivity index (χ1v) is 5.52. The normalized spacial score (nSPS) is 22.6. The number of pyridine rings is 1. The smallest absolute Gasteiger partial charge is 0.331 e. The minimum Gasteiger partial charge on any atom is -0.481 e. The van der Waals surface area contributed by atoms with Gasteiger partial charge in [-0.15, -0.1) is 0 Å². The molecule has 4 nitrogen and oxygen atoms in total. The van der Waals surface area contributed by atoms with Crippen LogP contribution in [0, 0.1) is 0 Å². The van der Waals surface area contributed by atoms with Crippen LogP contribution in [-0.4, -0.2) is 23.7 Å². The number of carbonyl (C=O) groups excluding carboxylic acids is 1. The Morgan fingerprint density at radius 1 is 1.53 bits per heavy atom. The van der Waals surface area contributed by atoms with Crippen LogP contribution in [-0.2, 0) is 16.0 Å². The maximum atomic E-state index is 11.0. The van der Waals surface area contributed by atoms with Gasteiger partial charge in [-0.3, -0.25) is 0 Å². The molecule has 0 amide bonds. The summed E-state index contributed by atoms with van der Waals surface area (Å²) in [5.74, 6) is 0.339. The number of hydrogen-bond donors (Lipinski definition) is 0. The van der Waals surface area contributed by atoms with Crippen molar-refractivity contribution in [1.29, 1.82) is 0 Å². The van der Waals surface area contributed by atoms with Gasteiger partial charge in [-0.1, -0.05) is 0 Å². The summed E-state index contributed by atoms with van der Waals surface area (Å²) < 4.78 is 10.3. The van der Waals surface area contributed by atoms with Crippen LogP contribution in [0.25, 0.3) is 0 Å². The second-order valence-electron chi connectivity index (χ2n) is 4.27. The van der Waals surface area contributed by atoms with Gasteiger partial charge in [-0.05, 0) is 37.5 Å². The number of carbonyl (C=O) groups is 1. The van der Waals surface area contributed by atoms with Crippen molar-refractivity contribution in [3.8, 4) is 5.88 Å². The minimum absolute atomic E-state index is 0.264. The van der Waals surface area contributed by atoms with Crippen LogP contribution < -0.4 is 4.74 Å². The highest BCUT2D eigenvalue weighted by Crippen LogP contribution is 2.25. The molecule has 0 aliphatic carbocycles. The van der Waals surface area contributed by atoms with E-state index in [1.54, 1.807) is 13.3 Å². The Balaban J connectivity index is 1.98. The van der Waals surface area contributed by atoms with E-state index in [1.807, 2.05) is 25.1 Å². The number of esters is 1. The van der Waals surface area contributed by atoms with E-state index in [-0.39, 0.29) is 5.97 Å². The Morgan fingerprint density at radius 2 is 2.35 bits per heavy atom. The molecule has 1 aliphatic rings. The molecule has 1 atom stereocenters. The van der Waals surface area contributed by atoms with Gasteiger partial charge >= 0.3 is 5.97 Å². The predicted molar refractivity (Wildman–Crippen MR) is 62.7 cm³/mol. The average Bonchev–Trinajstić information content (AvgIpc) is 2.68. The van der Waals surface area contributed by atoms with Crippen LogP contribution in [0.4, 0.5) is 0 Å². The van der Waals surface area contributed by atoms with E-state index in [1.165, 1.54) is 6.08 Å². The predicted octanol–water partition coefficient (Wildman–Crippen LogP) is 1.89. The van der Waals surface area contributed by atoms with Gasteiger partial charge < -0.3 is 9.47 Å². The van der Waals surface area contributed by atoms with E-state index in [2.05, 4.69) is 4.98 Å². The Kier molecular flexibility index (Phi) is 3.13. The van der Waals surface area contributed by atoms with Crippen molar-refractivity contribution in [2.24, 2.45) is 0 Å². The maximum absolute atomic E-state index is 11.0. The van der Waals surface area contributed by atoms with Gasteiger partial charge in [0, 0.05) is 18.3 Å². The highest BCUT2D eigenvalue weighted by molar-refractivity contribution is 5.85. The van der Waals surface area contributed by atoms with Crippen molar-refractivity contribution in [1.82, 2.24) is 4.98 Å². The molecule has 0 saturated carbocycles. The molecule has 17 heavy (non-hydrogen) atoms. The number of rotatable bonds is 4. The number of cyclic esters (lactones) is 1. The van der Waals surface area contributed by atoms with Crippen molar-refractivity contribution in [2.45, 2.75) is 25.4 Å². The second kappa shape index (κ2) is 4.57. The van der Waals surface area contributed by atoms with E-state index >= 15 is 0 Å². The summed E-state index contributed by atoms with van der Waals surface area (Å²) in [6, 6.07) is 3.83.